The Bertz CT molecular complexity index is 688. The maximum Gasteiger partial charge on any atom is 0.138 e. The second-order valence-electron chi connectivity index (χ2n) is 4.83. The van der Waals surface area contributed by atoms with Gasteiger partial charge >= 0.3 is 0 Å². The van der Waals surface area contributed by atoms with Gasteiger partial charge in [0.15, 0.2) is 0 Å². The van der Waals surface area contributed by atoms with Gasteiger partial charge in [-0.1, -0.05) is 64.9 Å². The van der Waals surface area contributed by atoms with Crippen LogP contribution in [0, 0.1) is 0 Å². The molecule has 2 aromatic rings. The molecule has 0 aliphatic carbocycles. The van der Waals surface area contributed by atoms with Crippen LogP contribution in [-0.2, 0) is 4.84 Å². The van der Waals surface area contributed by atoms with Crippen LogP contribution in [0.1, 0.15) is 12.0 Å². The lowest BCUT2D eigenvalue weighted by Gasteiger charge is -2.04. The van der Waals surface area contributed by atoms with Crippen molar-refractivity contribution in [2.24, 2.45) is 10.3 Å². The Hall–Kier alpha value is -2.78. The average Bonchev–Trinajstić information content (AvgIpc) is 3.03. The first-order valence-electron chi connectivity index (χ1n) is 6.76. The van der Waals surface area contributed by atoms with E-state index in [2.05, 4.69) is 39.4 Å². The van der Waals surface area contributed by atoms with E-state index in [0.29, 0.717) is 13.0 Å². The highest BCUT2D eigenvalue weighted by Crippen LogP contribution is 2.22. The summed E-state index contributed by atoms with van der Waals surface area (Å²) in [6.07, 6.45) is 0.522. The van der Waals surface area contributed by atoms with Gasteiger partial charge in [-0.05, 0) is 22.2 Å². The fraction of sp³-hybridized carbons (Fsp3) is 0.188. The molecule has 0 bridgehead atoms. The van der Waals surface area contributed by atoms with Crippen LogP contribution in [0.5, 0.6) is 0 Å². The lowest BCUT2D eigenvalue weighted by Crippen LogP contribution is -2.11. The molecule has 1 atom stereocenters. The second kappa shape index (κ2) is 6.11. The van der Waals surface area contributed by atoms with Gasteiger partial charge in [-0.2, -0.15) is 0 Å². The number of hydrogen-bond donors (Lipinski definition) is 0. The van der Waals surface area contributed by atoms with Crippen molar-refractivity contribution >= 4 is 5.71 Å². The predicted molar refractivity (Wildman–Crippen MR) is 81.9 cm³/mol. The molecule has 0 saturated carbocycles. The maximum absolute atomic E-state index is 8.31. The Morgan fingerprint density at radius 1 is 1.05 bits per heavy atom. The Morgan fingerprint density at radius 2 is 1.71 bits per heavy atom. The van der Waals surface area contributed by atoms with Crippen molar-refractivity contribution in [3.8, 4) is 11.1 Å². The van der Waals surface area contributed by atoms with Crippen LogP contribution >= 0.6 is 0 Å². The van der Waals surface area contributed by atoms with E-state index in [1.54, 1.807) is 0 Å². The summed E-state index contributed by atoms with van der Waals surface area (Å²) in [6, 6.07) is 18.5. The molecular formula is C16H14N4O. The molecule has 3 rings (SSSR count). The highest BCUT2D eigenvalue weighted by Gasteiger charge is 2.21. The Balaban J connectivity index is 1.72. The summed E-state index contributed by atoms with van der Waals surface area (Å²) in [5.74, 6) is 0. The quantitative estimate of drug-likeness (QED) is 0.470. The average molecular weight is 278 g/mol. The zero-order valence-electron chi connectivity index (χ0n) is 11.4. The molecule has 0 aromatic heterocycles. The highest BCUT2D eigenvalue weighted by atomic mass is 16.6. The number of rotatable bonds is 4. The SMILES string of the molecule is [N-]=[N+]=NCC1CC(c2ccc(-c3ccccc3)cc2)=NO1. The highest BCUT2D eigenvalue weighted by molar-refractivity contribution is 6.01. The van der Waals surface area contributed by atoms with E-state index in [-0.39, 0.29) is 6.10 Å². The van der Waals surface area contributed by atoms with Crippen molar-refractivity contribution in [2.45, 2.75) is 12.5 Å². The molecule has 2 aromatic carbocycles. The monoisotopic (exact) mass is 278 g/mol. The molecule has 1 unspecified atom stereocenters. The molecule has 1 heterocycles. The smallest absolute Gasteiger partial charge is 0.138 e. The van der Waals surface area contributed by atoms with E-state index in [4.69, 9.17) is 10.4 Å². The molecule has 0 radical (unpaired) electrons. The summed E-state index contributed by atoms with van der Waals surface area (Å²) < 4.78 is 0. The molecule has 0 amide bonds. The number of azide groups is 1. The van der Waals surface area contributed by atoms with E-state index in [0.717, 1.165) is 11.3 Å². The van der Waals surface area contributed by atoms with E-state index in [1.165, 1.54) is 11.1 Å². The van der Waals surface area contributed by atoms with Gasteiger partial charge in [0.2, 0.25) is 0 Å². The third kappa shape index (κ3) is 3.04. The lowest BCUT2D eigenvalue weighted by atomic mass is 10.0. The van der Waals surface area contributed by atoms with Gasteiger partial charge in [0, 0.05) is 11.3 Å². The van der Waals surface area contributed by atoms with Gasteiger partial charge in [0.25, 0.3) is 0 Å². The minimum Gasteiger partial charge on any atom is -0.392 e. The molecule has 5 nitrogen and oxygen atoms in total. The number of nitrogens with zero attached hydrogens (tertiary/aromatic N) is 4. The van der Waals surface area contributed by atoms with E-state index in [9.17, 15) is 0 Å². The minimum atomic E-state index is -0.148. The summed E-state index contributed by atoms with van der Waals surface area (Å²) in [5, 5.41) is 7.59. The van der Waals surface area contributed by atoms with Crippen LogP contribution in [-0.4, -0.2) is 18.4 Å². The largest absolute Gasteiger partial charge is 0.392 e. The minimum absolute atomic E-state index is 0.148. The van der Waals surface area contributed by atoms with Crippen molar-refractivity contribution in [3.63, 3.8) is 0 Å². The Morgan fingerprint density at radius 3 is 2.43 bits per heavy atom. The number of benzene rings is 2. The zero-order valence-corrected chi connectivity index (χ0v) is 11.4. The normalized spacial score (nSPS) is 16.8. The first-order chi connectivity index (χ1) is 10.4. The van der Waals surface area contributed by atoms with Gasteiger partial charge < -0.3 is 4.84 Å². The summed E-state index contributed by atoms with van der Waals surface area (Å²) in [7, 11) is 0. The molecule has 1 aliphatic heterocycles. The topological polar surface area (TPSA) is 70.4 Å². The maximum atomic E-state index is 8.31. The molecule has 0 spiro atoms. The van der Waals surface area contributed by atoms with Crippen molar-refractivity contribution in [2.75, 3.05) is 6.54 Å². The van der Waals surface area contributed by atoms with Gasteiger partial charge in [0.1, 0.15) is 6.10 Å². The summed E-state index contributed by atoms with van der Waals surface area (Å²) in [5.41, 5.74) is 12.6. The van der Waals surface area contributed by atoms with Crippen LogP contribution in [0.2, 0.25) is 0 Å². The van der Waals surface area contributed by atoms with Crippen molar-refractivity contribution < 1.29 is 4.84 Å². The first-order valence-corrected chi connectivity index (χ1v) is 6.76. The van der Waals surface area contributed by atoms with Crippen LogP contribution in [0.15, 0.2) is 64.9 Å². The lowest BCUT2D eigenvalue weighted by molar-refractivity contribution is 0.0919. The summed E-state index contributed by atoms with van der Waals surface area (Å²) >= 11 is 0. The number of hydrogen-bond acceptors (Lipinski definition) is 3. The molecule has 5 heteroatoms. The van der Waals surface area contributed by atoms with Crippen molar-refractivity contribution in [3.05, 3.63) is 70.6 Å². The fourth-order valence-corrected chi connectivity index (χ4v) is 2.31. The van der Waals surface area contributed by atoms with E-state index >= 15 is 0 Å². The fourth-order valence-electron chi connectivity index (χ4n) is 2.31. The molecule has 0 saturated heterocycles. The molecular weight excluding hydrogens is 264 g/mol. The van der Waals surface area contributed by atoms with Gasteiger partial charge in [0.05, 0.1) is 12.3 Å². The molecule has 104 valence electrons. The first kappa shape index (κ1) is 13.2. The molecule has 1 aliphatic rings. The van der Waals surface area contributed by atoms with Crippen LogP contribution in [0.3, 0.4) is 0 Å². The van der Waals surface area contributed by atoms with Crippen molar-refractivity contribution in [1.29, 1.82) is 0 Å². The van der Waals surface area contributed by atoms with Gasteiger partial charge in [-0.3, -0.25) is 0 Å². The van der Waals surface area contributed by atoms with Crippen LogP contribution < -0.4 is 0 Å². The van der Waals surface area contributed by atoms with Gasteiger partial charge in [-0.15, -0.1) is 0 Å². The third-order valence-corrected chi connectivity index (χ3v) is 3.41. The van der Waals surface area contributed by atoms with Gasteiger partial charge in [-0.25, -0.2) is 0 Å². The van der Waals surface area contributed by atoms with Crippen LogP contribution in [0.25, 0.3) is 21.6 Å². The molecule has 0 N–H and O–H groups in total. The second-order valence-corrected chi connectivity index (χ2v) is 4.83. The predicted octanol–water partition coefficient (Wildman–Crippen LogP) is 4.16. The van der Waals surface area contributed by atoms with Crippen molar-refractivity contribution in [1.82, 2.24) is 0 Å². The van der Waals surface area contributed by atoms with E-state index < -0.39 is 0 Å². The van der Waals surface area contributed by atoms with Crippen LogP contribution in [0.4, 0.5) is 0 Å². The zero-order chi connectivity index (χ0) is 14.5. The summed E-state index contributed by atoms with van der Waals surface area (Å²) in [6.45, 7) is 0.311. The summed E-state index contributed by atoms with van der Waals surface area (Å²) in [4.78, 5) is 8.00. The third-order valence-electron chi connectivity index (χ3n) is 3.41. The standard InChI is InChI=1S/C16H14N4O/c17-20-18-11-15-10-16(19-21-15)14-8-6-13(7-9-14)12-4-2-1-3-5-12/h1-9,15H,10-11H2. The Kier molecular flexibility index (Phi) is 3.85. The molecule has 0 fully saturated rings. The number of oxime groups is 1. The van der Waals surface area contributed by atoms with E-state index in [1.807, 2.05) is 30.3 Å². The Labute approximate surface area is 122 Å². The molecule has 21 heavy (non-hydrogen) atoms.